The minimum absolute atomic E-state index is 0.141. The van der Waals surface area contributed by atoms with Gasteiger partial charge in [0.25, 0.3) is 5.91 Å². The molecular weight excluding hydrogens is 420 g/mol. The molecule has 0 saturated heterocycles. The number of Topliss-reactive ketones (excluding diaryl/α,β-unsaturated/α-hetero) is 1. The third-order valence-corrected chi connectivity index (χ3v) is 5.47. The lowest BCUT2D eigenvalue weighted by Gasteiger charge is -2.23. The van der Waals surface area contributed by atoms with Gasteiger partial charge in [0.2, 0.25) is 0 Å². The van der Waals surface area contributed by atoms with Crippen LogP contribution in [0.25, 0.3) is 0 Å². The Morgan fingerprint density at radius 2 is 1.41 bits per heavy atom. The van der Waals surface area contributed by atoms with Crippen molar-refractivity contribution in [2.45, 2.75) is 59.5 Å². The molecular formula is C22H30N2O8. The van der Waals surface area contributed by atoms with Crippen molar-refractivity contribution < 1.29 is 39.3 Å². The molecule has 0 bridgehead atoms. The monoisotopic (exact) mass is 450 g/mol. The third kappa shape index (κ3) is 6.36. The van der Waals surface area contributed by atoms with Crippen LogP contribution in [-0.4, -0.2) is 63.5 Å². The summed E-state index contributed by atoms with van der Waals surface area (Å²) >= 11 is 0. The van der Waals surface area contributed by atoms with E-state index in [-0.39, 0.29) is 18.2 Å². The van der Waals surface area contributed by atoms with Gasteiger partial charge in [0.15, 0.2) is 5.78 Å². The number of carbonyl (C=O) groups is 5. The second-order valence-electron chi connectivity index (χ2n) is 8.20. The van der Waals surface area contributed by atoms with Crippen molar-refractivity contribution in [3.63, 3.8) is 0 Å². The molecule has 0 radical (unpaired) electrons. The molecule has 10 nitrogen and oxygen atoms in total. The average molecular weight is 450 g/mol. The lowest BCUT2D eigenvalue weighted by atomic mass is 9.79. The Labute approximate surface area is 186 Å². The molecule has 5 N–H and O–H groups in total. The van der Waals surface area contributed by atoms with Gasteiger partial charge in [-0.15, -0.1) is 0 Å². The number of aliphatic carboxylic acids is 1. The second-order valence-corrected chi connectivity index (χ2v) is 8.20. The Balaban J connectivity index is 3.44. The molecule has 2 atom stereocenters. The molecule has 0 heterocycles. The van der Waals surface area contributed by atoms with Crippen molar-refractivity contribution in [3.05, 3.63) is 34.4 Å². The van der Waals surface area contributed by atoms with Crippen molar-refractivity contribution in [3.8, 4) is 0 Å². The van der Waals surface area contributed by atoms with E-state index in [4.69, 9.17) is 0 Å². The quantitative estimate of drug-likeness (QED) is 0.300. The summed E-state index contributed by atoms with van der Waals surface area (Å²) in [5.41, 5.74) is -2.78. The van der Waals surface area contributed by atoms with E-state index in [0.29, 0.717) is 12.8 Å². The highest BCUT2D eigenvalue weighted by Crippen LogP contribution is 2.29. The zero-order valence-corrected chi connectivity index (χ0v) is 18.8. The van der Waals surface area contributed by atoms with Crippen LogP contribution in [0.5, 0.6) is 0 Å². The topological polar surface area (TPSA) is 170 Å². The molecule has 0 aliphatic rings. The standard InChI is InChI=1S/C22H30N2O8/c1-6-11(3)24-16(21(31)32)10-23-18(26)13-8-12(17(25)22(4,5)7-2)14(19(27)28)9-15(13)20(29)30/h8-9,11,16,24H,6-7,10H2,1-5H3,(H,23,26)(H,27,28)(H,29,30)(H,31,32). The van der Waals surface area contributed by atoms with Crippen LogP contribution in [0.3, 0.4) is 0 Å². The summed E-state index contributed by atoms with van der Waals surface area (Å²) in [6, 6.07) is 0.475. The van der Waals surface area contributed by atoms with Gasteiger partial charge in [-0.3, -0.25) is 14.4 Å². The van der Waals surface area contributed by atoms with Gasteiger partial charge in [-0.2, -0.15) is 0 Å². The zero-order chi connectivity index (χ0) is 24.8. The maximum atomic E-state index is 13.0. The average Bonchev–Trinajstić information content (AvgIpc) is 2.73. The van der Waals surface area contributed by atoms with Gasteiger partial charge in [-0.05, 0) is 31.9 Å². The van der Waals surface area contributed by atoms with E-state index < -0.39 is 57.7 Å². The van der Waals surface area contributed by atoms with Gasteiger partial charge in [-0.25, -0.2) is 9.59 Å². The van der Waals surface area contributed by atoms with Crippen LogP contribution in [0.2, 0.25) is 0 Å². The Morgan fingerprint density at radius 1 is 0.906 bits per heavy atom. The molecule has 1 amide bonds. The first-order valence-electron chi connectivity index (χ1n) is 10.2. The Bertz CT molecular complexity index is 923. The predicted octanol–water partition coefficient (Wildman–Crippen LogP) is 2.27. The summed E-state index contributed by atoms with van der Waals surface area (Å²) in [6.45, 7) is 8.26. The van der Waals surface area contributed by atoms with Crippen molar-refractivity contribution in [2.75, 3.05) is 6.54 Å². The van der Waals surface area contributed by atoms with Crippen LogP contribution in [0.4, 0.5) is 0 Å². The molecule has 0 aliphatic carbocycles. The number of rotatable bonds is 12. The number of ketones is 1. The van der Waals surface area contributed by atoms with Gasteiger partial charge >= 0.3 is 17.9 Å². The van der Waals surface area contributed by atoms with Crippen molar-refractivity contribution in [1.82, 2.24) is 10.6 Å². The molecule has 176 valence electrons. The second kappa shape index (κ2) is 10.9. The first-order valence-corrected chi connectivity index (χ1v) is 10.2. The first kappa shape index (κ1) is 26.8. The summed E-state index contributed by atoms with van der Waals surface area (Å²) in [5.74, 6) is -5.74. The largest absolute Gasteiger partial charge is 0.480 e. The lowest BCUT2D eigenvalue weighted by Crippen LogP contribution is -2.49. The van der Waals surface area contributed by atoms with Crippen molar-refractivity contribution in [1.29, 1.82) is 0 Å². The van der Waals surface area contributed by atoms with Gasteiger partial charge in [0.1, 0.15) is 6.04 Å². The van der Waals surface area contributed by atoms with Crippen molar-refractivity contribution >= 4 is 29.6 Å². The minimum Gasteiger partial charge on any atom is -0.480 e. The van der Waals surface area contributed by atoms with Crippen LogP contribution >= 0.6 is 0 Å². The van der Waals surface area contributed by atoms with E-state index in [0.717, 1.165) is 12.1 Å². The van der Waals surface area contributed by atoms with Gasteiger partial charge in [0, 0.05) is 23.6 Å². The van der Waals surface area contributed by atoms with Crippen LogP contribution in [0.15, 0.2) is 12.1 Å². The smallest absolute Gasteiger partial charge is 0.336 e. The molecule has 2 unspecified atom stereocenters. The molecule has 0 aliphatic heterocycles. The summed E-state index contributed by atoms with van der Waals surface area (Å²) in [4.78, 5) is 60.6. The first-order chi connectivity index (χ1) is 14.8. The molecule has 0 aromatic heterocycles. The Morgan fingerprint density at radius 3 is 1.84 bits per heavy atom. The molecule has 10 heteroatoms. The summed E-state index contributed by atoms with van der Waals surface area (Å²) in [5, 5.41) is 33.6. The molecule has 0 saturated carbocycles. The number of hydrogen-bond acceptors (Lipinski definition) is 6. The highest BCUT2D eigenvalue weighted by molar-refractivity contribution is 6.13. The maximum Gasteiger partial charge on any atom is 0.336 e. The number of carbonyl (C=O) groups excluding carboxylic acids is 2. The van der Waals surface area contributed by atoms with Crippen LogP contribution in [0.1, 0.15) is 88.9 Å². The number of benzene rings is 1. The van der Waals surface area contributed by atoms with Gasteiger partial charge in [0.05, 0.1) is 16.7 Å². The SMILES string of the molecule is CCC(C)NC(CNC(=O)c1cc(C(=O)C(C)(C)CC)c(C(=O)O)cc1C(=O)O)C(=O)O. The van der Waals surface area contributed by atoms with Crippen LogP contribution < -0.4 is 10.6 Å². The van der Waals surface area contributed by atoms with E-state index >= 15 is 0 Å². The summed E-state index contributed by atoms with van der Waals surface area (Å²) in [7, 11) is 0. The zero-order valence-electron chi connectivity index (χ0n) is 18.8. The molecule has 0 fully saturated rings. The van der Waals surface area contributed by atoms with E-state index in [1.807, 2.05) is 6.92 Å². The van der Waals surface area contributed by atoms with Crippen molar-refractivity contribution in [2.24, 2.45) is 5.41 Å². The number of carboxylic acids is 3. The highest BCUT2D eigenvalue weighted by Gasteiger charge is 2.33. The Kier molecular flexibility index (Phi) is 9.08. The van der Waals surface area contributed by atoms with E-state index in [1.165, 1.54) is 0 Å². The molecule has 32 heavy (non-hydrogen) atoms. The number of hydrogen-bond donors (Lipinski definition) is 5. The minimum atomic E-state index is -1.56. The number of carboxylic acid groups (broad SMARTS) is 3. The summed E-state index contributed by atoms with van der Waals surface area (Å²) < 4.78 is 0. The van der Waals surface area contributed by atoms with E-state index in [1.54, 1.807) is 27.7 Å². The molecule has 0 spiro atoms. The van der Waals surface area contributed by atoms with Gasteiger partial charge in [-0.1, -0.05) is 27.7 Å². The van der Waals surface area contributed by atoms with E-state index in [9.17, 15) is 39.3 Å². The van der Waals surface area contributed by atoms with Crippen LogP contribution in [-0.2, 0) is 4.79 Å². The number of aromatic carboxylic acids is 2. The fourth-order valence-electron chi connectivity index (χ4n) is 2.82. The number of amides is 1. The maximum absolute atomic E-state index is 13.0. The third-order valence-electron chi connectivity index (χ3n) is 5.47. The Hall–Kier alpha value is -3.27. The summed E-state index contributed by atoms with van der Waals surface area (Å²) in [6.07, 6.45) is 1.03. The highest BCUT2D eigenvalue weighted by atomic mass is 16.4. The van der Waals surface area contributed by atoms with E-state index in [2.05, 4.69) is 10.6 Å². The lowest BCUT2D eigenvalue weighted by molar-refractivity contribution is -0.139. The number of nitrogens with one attached hydrogen (secondary N) is 2. The van der Waals surface area contributed by atoms with Gasteiger partial charge < -0.3 is 26.0 Å². The normalized spacial score (nSPS) is 13.2. The molecule has 1 aromatic carbocycles. The fraction of sp³-hybridized carbons (Fsp3) is 0.500. The van der Waals surface area contributed by atoms with Crippen LogP contribution in [0, 0.1) is 5.41 Å². The molecule has 1 rings (SSSR count). The fourth-order valence-corrected chi connectivity index (χ4v) is 2.82. The predicted molar refractivity (Wildman–Crippen MR) is 115 cm³/mol. The molecule has 1 aromatic rings.